The molecule has 1 atom stereocenters. The van der Waals surface area contributed by atoms with Gasteiger partial charge in [-0.15, -0.1) is 0 Å². The molecule has 1 aliphatic heterocycles. The van der Waals surface area contributed by atoms with Crippen molar-refractivity contribution in [2.75, 3.05) is 19.8 Å². The third kappa shape index (κ3) is 4.59. The molecule has 8 nitrogen and oxygen atoms in total. The van der Waals surface area contributed by atoms with Gasteiger partial charge in [0.15, 0.2) is 11.6 Å². The fraction of sp³-hybridized carbons (Fsp3) is 0.391. The molecule has 3 aromatic rings. The number of carbonyl (C=O) groups is 1. The Morgan fingerprint density at radius 2 is 2.16 bits per heavy atom. The van der Waals surface area contributed by atoms with Crippen molar-refractivity contribution >= 4 is 16.9 Å². The van der Waals surface area contributed by atoms with Gasteiger partial charge in [0.05, 0.1) is 23.6 Å². The molecule has 0 bridgehead atoms. The van der Waals surface area contributed by atoms with Crippen molar-refractivity contribution in [1.29, 1.82) is 0 Å². The van der Waals surface area contributed by atoms with Crippen molar-refractivity contribution < 1.29 is 23.8 Å². The highest BCUT2D eigenvalue weighted by Crippen LogP contribution is 2.32. The molecule has 0 spiro atoms. The summed E-state index contributed by atoms with van der Waals surface area (Å²) in [6.45, 7) is 2.67. The molecule has 4 rings (SSSR count). The van der Waals surface area contributed by atoms with Gasteiger partial charge >= 0.3 is 0 Å². The lowest BCUT2D eigenvalue weighted by molar-refractivity contribution is -0.126. The first-order chi connectivity index (χ1) is 15.4. The van der Waals surface area contributed by atoms with Crippen molar-refractivity contribution in [3.8, 4) is 11.5 Å². The number of nitrogens with one attached hydrogen (secondary N) is 2. The molecule has 1 unspecified atom stereocenters. The van der Waals surface area contributed by atoms with Gasteiger partial charge in [0.1, 0.15) is 11.4 Å². The molecule has 1 amide bonds. The van der Waals surface area contributed by atoms with Crippen LogP contribution in [0.5, 0.6) is 11.5 Å². The lowest BCUT2D eigenvalue weighted by Gasteiger charge is -2.37. The van der Waals surface area contributed by atoms with Crippen LogP contribution in [0.4, 0.5) is 4.39 Å². The van der Waals surface area contributed by atoms with Gasteiger partial charge < -0.3 is 30.6 Å². The van der Waals surface area contributed by atoms with Crippen LogP contribution in [0.3, 0.4) is 0 Å². The molecule has 32 heavy (non-hydrogen) atoms. The predicted molar refractivity (Wildman–Crippen MR) is 117 cm³/mol. The van der Waals surface area contributed by atoms with Crippen LogP contribution >= 0.6 is 0 Å². The highest BCUT2D eigenvalue weighted by Gasteiger charge is 2.34. The summed E-state index contributed by atoms with van der Waals surface area (Å²) in [6.07, 6.45) is 4.60. The summed E-state index contributed by atoms with van der Waals surface area (Å²) in [5.74, 6) is -0.364. The van der Waals surface area contributed by atoms with E-state index in [-0.39, 0.29) is 24.7 Å². The van der Waals surface area contributed by atoms with Crippen LogP contribution in [-0.4, -0.2) is 52.4 Å². The highest BCUT2D eigenvalue weighted by atomic mass is 19.1. The molecule has 3 heterocycles. The molecule has 0 aliphatic carbocycles. The molecule has 0 saturated carbocycles. The molecule has 0 radical (unpaired) electrons. The van der Waals surface area contributed by atoms with Crippen LogP contribution in [0, 0.1) is 12.7 Å². The first-order valence-electron chi connectivity index (χ1n) is 10.6. The summed E-state index contributed by atoms with van der Waals surface area (Å²) < 4.78 is 25.9. The Kier molecular flexibility index (Phi) is 6.40. The third-order valence-corrected chi connectivity index (χ3v) is 5.88. The minimum Gasteiger partial charge on any atom is -0.453 e. The second-order valence-corrected chi connectivity index (χ2v) is 8.22. The predicted octanol–water partition coefficient (Wildman–Crippen LogP) is 2.33. The Morgan fingerprint density at radius 1 is 1.38 bits per heavy atom. The van der Waals surface area contributed by atoms with E-state index in [4.69, 9.17) is 15.2 Å². The number of aromatic amines is 1. The van der Waals surface area contributed by atoms with Crippen molar-refractivity contribution in [3.63, 3.8) is 0 Å². The molecular weight excluding hydrogens is 415 g/mol. The number of H-pyrrole nitrogens is 1. The van der Waals surface area contributed by atoms with Gasteiger partial charge in [0.2, 0.25) is 5.91 Å². The van der Waals surface area contributed by atoms with Gasteiger partial charge in [-0.1, -0.05) is 6.07 Å². The molecule has 170 valence electrons. The SMILES string of the molecule is Cc1c[nH]c2nccc(Oc3ccc(CC(N)C(=O)NC4(CO)CCOCC4)cc3F)c12. The quantitative estimate of drug-likeness (QED) is 0.445. The van der Waals surface area contributed by atoms with E-state index in [0.29, 0.717) is 43.0 Å². The topological polar surface area (TPSA) is 122 Å². The Bertz CT molecular complexity index is 1110. The molecule has 1 aromatic carbocycles. The van der Waals surface area contributed by atoms with Crippen LogP contribution < -0.4 is 15.8 Å². The summed E-state index contributed by atoms with van der Waals surface area (Å²) in [5, 5.41) is 13.4. The molecular formula is C23H27FN4O4. The number of aliphatic hydroxyl groups excluding tert-OH is 1. The number of nitrogens with two attached hydrogens (primary N) is 1. The smallest absolute Gasteiger partial charge is 0.237 e. The lowest BCUT2D eigenvalue weighted by atomic mass is 9.90. The number of ether oxygens (including phenoxy) is 2. The van der Waals surface area contributed by atoms with Crippen molar-refractivity contribution in [2.24, 2.45) is 5.73 Å². The number of fused-ring (bicyclic) bond motifs is 1. The van der Waals surface area contributed by atoms with Crippen LogP contribution in [0.1, 0.15) is 24.0 Å². The number of hydrogen-bond acceptors (Lipinski definition) is 6. The number of benzene rings is 1. The minimum absolute atomic E-state index is 0.0707. The zero-order chi connectivity index (χ0) is 22.7. The Hall–Kier alpha value is -3.01. The normalized spacial score (nSPS) is 16.6. The number of carbonyl (C=O) groups excluding carboxylic acids is 1. The average Bonchev–Trinajstić information content (AvgIpc) is 3.18. The van der Waals surface area contributed by atoms with Gasteiger partial charge in [0, 0.05) is 25.6 Å². The van der Waals surface area contributed by atoms with E-state index in [2.05, 4.69) is 15.3 Å². The number of aryl methyl sites for hydroxylation is 1. The van der Waals surface area contributed by atoms with Gasteiger partial charge in [-0.25, -0.2) is 9.37 Å². The summed E-state index contributed by atoms with van der Waals surface area (Å²) in [4.78, 5) is 19.9. The van der Waals surface area contributed by atoms with Crippen molar-refractivity contribution in [1.82, 2.24) is 15.3 Å². The fourth-order valence-corrected chi connectivity index (χ4v) is 3.93. The van der Waals surface area contributed by atoms with Crippen LogP contribution in [0.2, 0.25) is 0 Å². The lowest BCUT2D eigenvalue weighted by Crippen LogP contribution is -2.58. The van der Waals surface area contributed by atoms with Crippen LogP contribution in [0.25, 0.3) is 11.0 Å². The van der Waals surface area contributed by atoms with Gasteiger partial charge in [0.25, 0.3) is 0 Å². The van der Waals surface area contributed by atoms with Crippen molar-refractivity contribution in [3.05, 3.63) is 53.6 Å². The zero-order valence-electron chi connectivity index (χ0n) is 17.9. The van der Waals surface area contributed by atoms with Crippen molar-refractivity contribution in [2.45, 2.75) is 37.8 Å². The first-order valence-corrected chi connectivity index (χ1v) is 10.6. The number of hydrogen-bond donors (Lipinski definition) is 4. The Balaban J connectivity index is 1.44. The van der Waals surface area contributed by atoms with E-state index in [1.54, 1.807) is 18.3 Å². The molecule has 9 heteroatoms. The van der Waals surface area contributed by atoms with E-state index in [1.807, 2.05) is 13.1 Å². The molecule has 1 saturated heterocycles. The Labute approximate surface area is 184 Å². The number of aliphatic hydroxyl groups is 1. The number of halogens is 1. The second kappa shape index (κ2) is 9.23. The molecule has 5 N–H and O–H groups in total. The Morgan fingerprint density at radius 3 is 2.88 bits per heavy atom. The largest absolute Gasteiger partial charge is 0.453 e. The van der Waals surface area contributed by atoms with Crippen LogP contribution in [0.15, 0.2) is 36.7 Å². The number of pyridine rings is 1. The van der Waals surface area contributed by atoms with Crippen LogP contribution in [-0.2, 0) is 16.0 Å². The fourth-order valence-electron chi connectivity index (χ4n) is 3.93. The number of rotatable bonds is 7. The van der Waals surface area contributed by atoms with E-state index >= 15 is 0 Å². The monoisotopic (exact) mass is 442 g/mol. The summed E-state index contributed by atoms with van der Waals surface area (Å²) >= 11 is 0. The third-order valence-electron chi connectivity index (χ3n) is 5.88. The molecule has 1 aliphatic rings. The average molecular weight is 442 g/mol. The maximum Gasteiger partial charge on any atom is 0.237 e. The summed E-state index contributed by atoms with van der Waals surface area (Å²) in [7, 11) is 0. The minimum atomic E-state index is -0.880. The number of amides is 1. The summed E-state index contributed by atoms with van der Waals surface area (Å²) in [5.41, 5.74) is 7.53. The molecule has 2 aromatic heterocycles. The summed E-state index contributed by atoms with van der Waals surface area (Å²) in [6, 6.07) is 5.34. The molecule has 1 fully saturated rings. The second-order valence-electron chi connectivity index (χ2n) is 8.22. The van der Waals surface area contributed by atoms with E-state index in [1.165, 1.54) is 12.1 Å². The van der Waals surface area contributed by atoms with E-state index in [9.17, 15) is 14.3 Å². The maximum absolute atomic E-state index is 14.8. The number of nitrogens with zero attached hydrogens (tertiary/aromatic N) is 1. The maximum atomic E-state index is 14.8. The van der Waals surface area contributed by atoms with Gasteiger partial charge in [-0.3, -0.25) is 4.79 Å². The zero-order valence-corrected chi connectivity index (χ0v) is 17.9. The number of aromatic nitrogens is 2. The standard InChI is InChI=1S/C23H27FN4O4/c1-14-12-27-21-20(14)19(4-7-26-21)32-18-3-2-15(10-16(18)24)11-17(25)22(30)28-23(13-29)5-8-31-9-6-23/h2-4,7,10,12,17,29H,5-6,8-9,11,13,25H2,1H3,(H,26,27)(H,28,30). The van der Waals surface area contributed by atoms with Gasteiger partial charge in [-0.05, 0) is 55.5 Å². The first kappa shape index (κ1) is 22.2. The van der Waals surface area contributed by atoms with E-state index in [0.717, 1.165) is 10.9 Å². The highest BCUT2D eigenvalue weighted by molar-refractivity contribution is 5.86. The van der Waals surface area contributed by atoms with E-state index < -0.39 is 17.4 Å². The van der Waals surface area contributed by atoms with Gasteiger partial charge in [-0.2, -0.15) is 0 Å².